The smallest absolute Gasteiger partial charge is 0.160 e. The molecule has 132 valence electrons. The van der Waals surface area contributed by atoms with Gasteiger partial charge in [-0.1, -0.05) is 41.9 Å². The third-order valence-corrected chi connectivity index (χ3v) is 5.02. The SMILES string of the molecule is N=C(I)c1c(NCCN2CC[C@@H](F)C2)nnc(-c2ccccc2)c1Cl. The number of rotatable bonds is 6. The van der Waals surface area contributed by atoms with E-state index in [4.69, 9.17) is 17.0 Å². The Morgan fingerprint density at radius 3 is 2.76 bits per heavy atom. The molecule has 0 saturated carbocycles. The van der Waals surface area contributed by atoms with Crippen molar-refractivity contribution in [3.63, 3.8) is 0 Å². The molecule has 0 unspecified atom stereocenters. The van der Waals surface area contributed by atoms with Gasteiger partial charge in [-0.3, -0.25) is 10.3 Å². The molecule has 3 rings (SSSR count). The molecule has 1 aromatic heterocycles. The third kappa shape index (κ3) is 4.45. The highest BCUT2D eigenvalue weighted by Crippen LogP contribution is 2.32. The molecule has 5 nitrogen and oxygen atoms in total. The average Bonchev–Trinajstić information content (AvgIpc) is 3.01. The van der Waals surface area contributed by atoms with Crippen molar-refractivity contribution in [3.05, 3.63) is 40.9 Å². The summed E-state index contributed by atoms with van der Waals surface area (Å²) >= 11 is 8.44. The van der Waals surface area contributed by atoms with Crippen LogP contribution in [0.25, 0.3) is 11.3 Å². The van der Waals surface area contributed by atoms with Crippen LogP contribution in [0.15, 0.2) is 30.3 Å². The number of likely N-dealkylation sites (tertiary alicyclic amines) is 1. The summed E-state index contributed by atoms with van der Waals surface area (Å²) in [6.45, 7) is 2.57. The molecular weight excluding hydrogens is 456 g/mol. The van der Waals surface area contributed by atoms with Gasteiger partial charge < -0.3 is 5.32 Å². The Kier molecular flexibility index (Phi) is 6.19. The van der Waals surface area contributed by atoms with Gasteiger partial charge in [-0.2, -0.15) is 0 Å². The van der Waals surface area contributed by atoms with Gasteiger partial charge in [-0.25, -0.2) is 4.39 Å². The second-order valence-corrected chi connectivity index (χ2v) is 7.34. The lowest BCUT2D eigenvalue weighted by Crippen LogP contribution is -2.27. The number of halogens is 3. The lowest BCUT2D eigenvalue weighted by atomic mass is 10.1. The van der Waals surface area contributed by atoms with Gasteiger partial charge in [0.15, 0.2) is 5.82 Å². The standard InChI is InChI=1S/C17H18ClFIN5/c18-14-13(16(20)21)17(22-7-9-25-8-6-12(19)10-25)24-23-15(14)11-4-2-1-3-5-11/h1-5,12,21H,6-10H2,(H,22,24)/t12-/m1/s1. The molecule has 0 radical (unpaired) electrons. The largest absolute Gasteiger partial charge is 0.367 e. The number of nitrogens with zero attached hydrogens (tertiary/aromatic N) is 3. The Morgan fingerprint density at radius 2 is 2.12 bits per heavy atom. The molecule has 1 aromatic carbocycles. The first-order valence-corrected chi connectivity index (χ1v) is 9.48. The maximum Gasteiger partial charge on any atom is 0.160 e. The van der Waals surface area contributed by atoms with E-state index in [1.165, 1.54) is 0 Å². The molecular formula is C17H18ClFIN5. The second kappa shape index (κ2) is 8.37. The van der Waals surface area contributed by atoms with Gasteiger partial charge >= 0.3 is 0 Å². The molecule has 2 aromatic rings. The minimum Gasteiger partial charge on any atom is -0.367 e. The van der Waals surface area contributed by atoms with Crippen LogP contribution >= 0.6 is 34.2 Å². The molecule has 25 heavy (non-hydrogen) atoms. The number of nitrogens with one attached hydrogen (secondary N) is 2. The van der Waals surface area contributed by atoms with E-state index in [9.17, 15) is 4.39 Å². The van der Waals surface area contributed by atoms with Crippen molar-refractivity contribution >= 4 is 43.7 Å². The van der Waals surface area contributed by atoms with Crippen LogP contribution in [0.2, 0.25) is 5.02 Å². The van der Waals surface area contributed by atoms with E-state index in [0.29, 0.717) is 51.9 Å². The maximum absolute atomic E-state index is 13.2. The van der Waals surface area contributed by atoms with E-state index in [1.807, 2.05) is 52.9 Å². The summed E-state index contributed by atoms with van der Waals surface area (Å²) in [5.41, 5.74) is 1.96. The summed E-state index contributed by atoms with van der Waals surface area (Å²) in [4.78, 5) is 2.07. The first kappa shape index (κ1) is 18.5. The topological polar surface area (TPSA) is 64.9 Å². The zero-order chi connectivity index (χ0) is 17.8. The predicted molar refractivity (Wildman–Crippen MR) is 108 cm³/mol. The quantitative estimate of drug-likeness (QED) is 0.491. The van der Waals surface area contributed by atoms with Crippen LogP contribution in [0.5, 0.6) is 0 Å². The molecule has 0 bridgehead atoms. The molecule has 8 heteroatoms. The fourth-order valence-corrected chi connectivity index (χ4v) is 3.86. The molecule has 1 aliphatic heterocycles. The highest BCUT2D eigenvalue weighted by Gasteiger charge is 2.22. The monoisotopic (exact) mass is 473 g/mol. The summed E-state index contributed by atoms with van der Waals surface area (Å²) in [6.07, 6.45) is -0.126. The van der Waals surface area contributed by atoms with Crippen molar-refractivity contribution in [2.24, 2.45) is 0 Å². The number of benzene rings is 1. The van der Waals surface area contributed by atoms with Crippen LogP contribution in [0.3, 0.4) is 0 Å². The summed E-state index contributed by atoms with van der Waals surface area (Å²) in [7, 11) is 0. The fourth-order valence-electron chi connectivity index (χ4n) is 2.84. The van der Waals surface area contributed by atoms with E-state index in [1.54, 1.807) is 0 Å². The van der Waals surface area contributed by atoms with Crippen molar-refractivity contribution in [3.8, 4) is 11.3 Å². The molecule has 1 aliphatic rings. The fraction of sp³-hybridized carbons (Fsp3) is 0.353. The maximum atomic E-state index is 13.2. The van der Waals surface area contributed by atoms with Gasteiger partial charge in [0.05, 0.1) is 10.6 Å². The minimum absolute atomic E-state index is 0.294. The van der Waals surface area contributed by atoms with E-state index in [2.05, 4.69) is 20.4 Å². The highest BCUT2D eigenvalue weighted by atomic mass is 127. The van der Waals surface area contributed by atoms with Gasteiger partial charge in [-0.05, 0) is 29.0 Å². The zero-order valence-electron chi connectivity index (χ0n) is 13.5. The van der Waals surface area contributed by atoms with Crippen molar-refractivity contribution in [2.45, 2.75) is 12.6 Å². The summed E-state index contributed by atoms with van der Waals surface area (Å²) < 4.78 is 13.5. The molecule has 2 heterocycles. The predicted octanol–water partition coefficient (Wildman–Crippen LogP) is 4.01. The zero-order valence-corrected chi connectivity index (χ0v) is 16.4. The number of hydrogen-bond acceptors (Lipinski definition) is 5. The van der Waals surface area contributed by atoms with Gasteiger partial charge in [0, 0.05) is 31.7 Å². The van der Waals surface area contributed by atoms with Crippen molar-refractivity contribution in [1.29, 1.82) is 5.41 Å². The summed E-state index contributed by atoms with van der Waals surface area (Å²) in [5, 5.41) is 20.1. The van der Waals surface area contributed by atoms with Gasteiger partial charge in [0.1, 0.15) is 15.6 Å². The second-order valence-electron chi connectivity index (χ2n) is 5.88. The van der Waals surface area contributed by atoms with Crippen LogP contribution in [0.4, 0.5) is 10.2 Å². The van der Waals surface area contributed by atoms with Gasteiger partial charge in [0.2, 0.25) is 0 Å². The number of hydrogen-bond donors (Lipinski definition) is 2. The van der Waals surface area contributed by atoms with E-state index in [-0.39, 0.29) is 0 Å². The van der Waals surface area contributed by atoms with Gasteiger partial charge in [0.25, 0.3) is 0 Å². The van der Waals surface area contributed by atoms with Crippen LogP contribution in [0, 0.1) is 5.41 Å². The van der Waals surface area contributed by atoms with Crippen molar-refractivity contribution in [2.75, 3.05) is 31.5 Å². The molecule has 1 fully saturated rings. The Balaban J connectivity index is 1.77. The van der Waals surface area contributed by atoms with Crippen LogP contribution < -0.4 is 5.32 Å². The minimum atomic E-state index is -0.725. The Hall–Kier alpha value is -1.32. The molecule has 2 N–H and O–H groups in total. The molecule has 0 amide bonds. The van der Waals surface area contributed by atoms with E-state index in [0.717, 1.165) is 12.1 Å². The van der Waals surface area contributed by atoms with Crippen LogP contribution in [-0.4, -0.2) is 51.2 Å². The Bertz CT molecular complexity index is 758. The number of aromatic nitrogens is 2. The molecule has 1 saturated heterocycles. The van der Waals surface area contributed by atoms with Crippen molar-refractivity contribution in [1.82, 2.24) is 15.1 Å². The van der Waals surface area contributed by atoms with E-state index < -0.39 is 6.17 Å². The van der Waals surface area contributed by atoms with Crippen LogP contribution in [0.1, 0.15) is 12.0 Å². The Labute approximate surface area is 164 Å². The third-order valence-electron chi connectivity index (χ3n) is 4.12. The lowest BCUT2D eigenvalue weighted by Gasteiger charge is -2.17. The Morgan fingerprint density at radius 1 is 1.36 bits per heavy atom. The highest BCUT2D eigenvalue weighted by molar-refractivity contribution is 14.1. The normalized spacial score (nSPS) is 17.6. The summed E-state index contributed by atoms with van der Waals surface area (Å²) in [6, 6.07) is 9.54. The van der Waals surface area contributed by atoms with Gasteiger partial charge in [-0.15, -0.1) is 10.2 Å². The van der Waals surface area contributed by atoms with E-state index >= 15 is 0 Å². The lowest BCUT2D eigenvalue weighted by molar-refractivity contribution is 0.295. The van der Waals surface area contributed by atoms with Crippen LogP contribution in [-0.2, 0) is 0 Å². The number of alkyl halides is 1. The number of anilines is 1. The molecule has 1 atom stereocenters. The van der Waals surface area contributed by atoms with Crippen molar-refractivity contribution < 1.29 is 4.39 Å². The molecule has 0 spiro atoms. The summed E-state index contributed by atoms with van der Waals surface area (Å²) in [5.74, 6) is 0.486. The average molecular weight is 474 g/mol. The molecule has 0 aliphatic carbocycles. The first-order valence-electron chi connectivity index (χ1n) is 8.02. The first-order chi connectivity index (χ1) is 12.1.